The van der Waals surface area contributed by atoms with Gasteiger partial charge in [-0.15, -0.1) is 0 Å². The molecule has 170 valence electrons. The Bertz CT molecular complexity index is 1360. The number of nitrogens with zero attached hydrogens (tertiary/aromatic N) is 1. The van der Waals surface area contributed by atoms with Gasteiger partial charge >= 0.3 is 5.97 Å². The summed E-state index contributed by atoms with van der Waals surface area (Å²) >= 11 is 5.24. The molecule has 0 aliphatic carbocycles. The van der Waals surface area contributed by atoms with E-state index in [1.807, 2.05) is 30.3 Å². The van der Waals surface area contributed by atoms with Crippen LogP contribution in [0.4, 0.5) is 10.1 Å². The SMILES string of the molecule is COc1ccc(C(=O)Oc2ccc3ccccc3c2/C=N/NC(=S)Nc2ccc(F)cc2)cc1. The van der Waals surface area contributed by atoms with Crippen molar-refractivity contribution < 1.29 is 18.7 Å². The van der Waals surface area contributed by atoms with E-state index in [9.17, 15) is 9.18 Å². The summed E-state index contributed by atoms with van der Waals surface area (Å²) in [7, 11) is 1.56. The molecule has 0 unspecified atom stereocenters. The molecule has 0 saturated carbocycles. The Labute approximate surface area is 201 Å². The molecule has 4 rings (SSSR count). The lowest BCUT2D eigenvalue weighted by Gasteiger charge is -2.11. The number of anilines is 1. The quantitative estimate of drug-likeness (QED) is 0.126. The molecular weight excluding hydrogens is 453 g/mol. The summed E-state index contributed by atoms with van der Waals surface area (Å²) in [6, 6.07) is 23.7. The van der Waals surface area contributed by atoms with Crippen LogP contribution in [-0.4, -0.2) is 24.4 Å². The maximum absolute atomic E-state index is 13.1. The lowest BCUT2D eigenvalue weighted by atomic mass is 10.0. The van der Waals surface area contributed by atoms with Crippen molar-refractivity contribution in [3.05, 3.63) is 102 Å². The number of fused-ring (bicyclic) bond motifs is 1. The molecule has 8 heteroatoms. The number of thiocarbonyl (C=S) groups is 1. The fourth-order valence-corrected chi connectivity index (χ4v) is 3.40. The first-order chi connectivity index (χ1) is 16.5. The third kappa shape index (κ3) is 5.54. The number of carbonyl (C=O) groups excluding carboxylic acids is 1. The van der Waals surface area contributed by atoms with Crippen LogP contribution in [-0.2, 0) is 0 Å². The van der Waals surface area contributed by atoms with Crippen LogP contribution in [0.15, 0.2) is 90.0 Å². The fourth-order valence-electron chi connectivity index (χ4n) is 3.23. The van der Waals surface area contributed by atoms with E-state index in [1.165, 1.54) is 18.3 Å². The topological polar surface area (TPSA) is 72.0 Å². The van der Waals surface area contributed by atoms with Crippen LogP contribution in [0.5, 0.6) is 11.5 Å². The Morgan fingerprint density at radius 3 is 2.44 bits per heavy atom. The number of hydrogen-bond donors (Lipinski definition) is 2. The first-order valence-corrected chi connectivity index (χ1v) is 10.7. The zero-order valence-corrected chi connectivity index (χ0v) is 18.9. The predicted molar refractivity (Wildman–Crippen MR) is 135 cm³/mol. The van der Waals surface area contributed by atoms with E-state index >= 15 is 0 Å². The molecule has 0 aromatic heterocycles. The van der Waals surface area contributed by atoms with Gasteiger partial charge in [0.05, 0.1) is 18.9 Å². The van der Waals surface area contributed by atoms with Crippen molar-refractivity contribution >= 4 is 46.0 Å². The van der Waals surface area contributed by atoms with Gasteiger partial charge in [-0.3, -0.25) is 5.43 Å². The predicted octanol–water partition coefficient (Wildman–Crippen LogP) is 5.53. The molecule has 4 aromatic rings. The molecule has 0 bridgehead atoms. The second kappa shape index (κ2) is 10.5. The third-order valence-electron chi connectivity index (χ3n) is 4.92. The summed E-state index contributed by atoms with van der Waals surface area (Å²) < 4.78 is 23.9. The van der Waals surface area contributed by atoms with Gasteiger partial charge in [-0.25, -0.2) is 9.18 Å². The second-order valence-corrected chi connectivity index (χ2v) is 7.56. The molecule has 0 atom stereocenters. The third-order valence-corrected chi connectivity index (χ3v) is 5.11. The molecule has 0 aliphatic heterocycles. The molecule has 0 amide bonds. The standard InChI is InChI=1S/C26H20FN3O3S/c1-32-21-13-6-18(7-14-21)25(31)33-24-15-8-17-4-2-3-5-22(17)23(24)16-28-30-26(34)29-20-11-9-19(27)10-12-20/h2-16H,1H3,(H2,29,30,34)/b28-16+. The van der Waals surface area contributed by atoms with Crippen molar-refractivity contribution in [1.29, 1.82) is 0 Å². The normalized spacial score (nSPS) is 10.8. The van der Waals surface area contributed by atoms with Gasteiger partial charge < -0.3 is 14.8 Å². The fraction of sp³-hybridized carbons (Fsp3) is 0.0385. The van der Waals surface area contributed by atoms with E-state index in [1.54, 1.807) is 49.6 Å². The van der Waals surface area contributed by atoms with Crippen molar-refractivity contribution in [2.75, 3.05) is 12.4 Å². The van der Waals surface area contributed by atoms with Crippen molar-refractivity contribution in [3.8, 4) is 11.5 Å². The summed E-state index contributed by atoms with van der Waals surface area (Å²) in [6.45, 7) is 0. The number of hydrogen-bond acceptors (Lipinski definition) is 5. The molecule has 0 radical (unpaired) electrons. The molecule has 6 nitrogen and oxygen atoms in total. The number of ether oxygens (including phenoxy) is 2. The summed E-state index contributed by atoms with van der Waals surface area (Å²) in [5, 5.41) is 9.16. The highest BCUT2D eigenvalue weighted by Crippen LogP contribution is 2.27. The van der Waals surface area contributed by atoms with Crippen LogP contribution in [0.1, 0.15) is 15.9 Å². The number of rotatable bonds is 6. The van der Waals surface area contributed by atoms with Gasteiger partial charge in [0, 0.05) is 11.3 Å². The van der Waals surface area contributed by atoms with Crippen LogP contribution in [0, 0.1) is 5.82 Å². The van der Waals surface area contributed by atoms with Crippen molar-refractivity contribution in [1.82, 2.24) is 5.43 Å². The Kier molecular flexibility index (Phi) is 7.10. The number of methoxy groups -OCH3 is 1. The molecule has 4 aromatic carbocycles. The van der Waals surface area contributed by atoms with Gasteiger partial charge in [0.25, 0.3) is 0 Å². The van der Waals surface area contributed by atoms with E-state index in [4.69, 9.17) is 21.7 Å². The first-order valence-electron chi connectivity index (χ1n) is 10.3. The zero-order chi connectivity index (χ0) is 23.9. The average molecular weight is 474 g/mol. The maximum Gasteiger partial charge on any atom is 0.343 e. The molecule has 0 heterocycles. The van der Waals surface area contributed by atoms with Gasteiger partial charge in [-0.1, -0.05) is 30.3 Å². The number of halogens is 1. The molecule has 2 N–H and O–H groups in total. The Morgan fingerprint density at radius 2 is 1.71 bits per heavy atom. The van der Waals surface area contributed by atoms with Gasteiger partial charge in [-0.2, -0.15) is 5.10 Å². The Morgan fingerprint density at radius 1 is 0.971 bits per heavy atom. The largest absolute Gasteiger partial charge is 0.497 e. The zero-order valence-electron chi connectivity index (χ0n) is 18.1. The van der Waals surface area contributed by atoms with E-state index in [2.05, 4.69) is 15.8 Å². The first kappa shape index (κ1) is 22.9. The van der Waals surface area contributed by atoms with Crippen molar-refractivity contribution in [2.24, 2.45) is 5.10 Å². The van der Waals surface area contributed by atoms with E-state index in [-0.39, 0.29) is 10.9 Å². The lowest BCUT2D eigenvalue weighted by molar-refractivity contribution is 0.0734. The molecule has 0 spiro atoms. The number of hydrazone groups is 1. The number of carbonyl (C=O) groups is 1. The van der Waals surface area contributed by atoms with Gasteiger partial charge in [0.15, 0.2) is 5.11 Å². The lowest BCUT2D eigenvalue weighted by Crippen LogP contribution is -2.23. The monoisotopic (exact) mass is 473 g/mol. The Hall–Kier alpha value is -4.30. The van der Waals surface area contributed by atoms with Gasteiger partial charge in [0.1, 0.15) is 17.3 Å². The number of benzene rings is 4. The van der Waals surface area contributed by atoms with Crippen molar-refractivity contribution in [2.45, 2.75) is 0 Å². The highest BCUT2D eigenvalue weighted by atomic mass is 32.1. The average Bonchev–Trinajstić information content (AvgIpc) is 2.86. The van der Waals surface area contributed by atoms with Crippen LogP contribution in [0.25, 0.3) is 10.8 Å². The second-order valence-electron chi connectivity index (χ2n) is 7.15. The van der Waals surface area contributed by atoms with Gasteiger partial charge in [-0.05, 0) is 77.6 Å². The highest BCUT2D eigenvalue weighted by molar-refractivity contribution is 7.80. The minimum absolute atomic E-state index is 0.222. The number of nitrogens with one attached hydrogen (secondary N) is 2. The number of esters is 1. The summed E-state index contributed by atoms with van der Waals surface area (Å²) in [6.07, 6.45) is 1.54. The van der Waals surface area contributed by atoms with Crippen LogP contribution in [0.3, 0.4) is 0 Å². The molecule has 34 heavy (non-hydrogen) atoms. The van der Waals surface area contributed by atoms with Gasteiger partial charge in [0.2, 0.25) is 0 Å². The highest BCUT2D eigenvalue weighted by Gasteiger charge is 2.14. The Balaban J connectivity index is 1.55. The minimum atomic E-state index is -0.506. The van der Waals surface area contributed by atoms with E-state index in [0.717, 1.165) is 10.8 Å². The molecular formula is C26H20FN3O3S. The molecule has 0 saturated heterocycles. The smallest absolute Gasteiger partial charge is 0.343 e. The van der Waals surface area contributed by atoms with Crippen LogP contribution in [0.2, 0.25) is 0 Å². The maximum atomic E-state index is 13.1. The summed E-state index contributed by atoms with van der Waals surface area (Å²) in [5.41, 5.74) is 4.34. The molecule has 0 aliphatic rings. The van der Waals surface area contributed by atoms with Crippen LogP contribution >= 0.6 is 12.2 Å². The summed E-state index contributed by atoms with van der Waals surface area (Å²) in [5.74, 6) is 0.151. The van der Waals surface area contributed by atoms with E-state index < -0.39 is 5.97 Å². The van der Waals surface area contributed by atoms with Crippen molar-refractivity contribution in [3.63, 3.8) is 0 Å². The molecule has 0 fully saturated rings. The van der Waals surface area contributed by atoms with E-state index in [0.29, 0.717) is 28.3 Å². The van der Waals surface area contributed by atoms with Crippen LogP contribution < -0.4 is 20.2 Å². The minimum Gasteiger partial charge on any atom is -0.497 e. The summed E-state index contributed by atoms with van der Waals surface area (Å²) in [4.78, 5) is 12.7.